The fourth-order valence-corrected chi connectivity index (χ4v) is 13.5. The molecule has 1 aliphatic heterocycles. The van der Waals surface area contributed by atoms with E-state index in [0.717, 1.165) is 67.8 Å². The molecule has 6 atom stereocenters. The minimum atomic E-state index is -3.81. The number of aromatic nitrogens is 2. The quantitative estimate of drug-likeness (QED) is 0.0586. The van der Waals surface area contributed by atoms with E-state index in [2.05, 4.69) is 27.8 Å². The number of nitrogens with one attached hydrogen (secondary N) is 4. The molecule has 1 saturated heterocycles. The monoisotopic (exact) mass is 1000 g/mol. The summed E-state index contributed by atoms with van der Waals surface area (Å²) in [5, 5.41) is 27.6. The molecule has 8 rings (SSSR count). The molecule has 4 aromatic rings. The van der Waals surface area contributed by atoms with Crippen molar-refractivity contribution in [3.8, 4) is 22.9 Å². The number of fused-ring (bicyclic) bond motifs is 1. The van der Waals surface area contributed by atoms with Gasteiger partial charge in [0.15, 0.2) is 5.13 Å². The normalized spacial score (nSPS) is 23.0. The number of likely N-dealkylation sites (N-methyl/N-ethyl adjacent to an activating group) is 1. The number of aliphatic carboxylic acids is 1. The molecule has 20 heteroatoms. The highest BCUT2D eigenvalue weighted by Crippen LogP contribution is 2.45. The number of nitrogens with zero attached hydrogens (tertiary/aromatic N) is 4. The maximum Gasteiger partial charge on any atom is 0.330 e. The van der Waals surface area contributed by atoms with Crippen molar-refractivity contribution in [2.24, 2.45) is 17.8 Å². The zero-order chi connectivity index (χ0) is 49.0. The van der Waals surface area contributed by atoms with Crippen molar-refractivity contribution >= 4 is 72.5 Å². The van der Waals surface area contributed by atoms with Gasteiger partial charge >= 0.3 is 12.0 Å². The zero-order valence-electron chi connectivity index (χ0n) is 39.6. The van der Waals surface area contributed by atoms with Crippen LogP contribution in [0.4, 0.5) is 9.93 Å². The highest BCUT2D eigenvalue weighted by Gasteiger charge is 2.61. The summed E-state index contributed by atoms with van der Waals surface area (Å²) in [6, 6.07) is 7.32. The van der Waals surface area contributed by atoms with Gasteiger partial charge in [-0.1, -0.05) is 50.7 Å². The summed E-state index contributed by atoms with van der Waals surface area (Å²) in [4.78, 5) is 68.1. The molecule has 17 nitrogen and oxygen atoms in total. The van der Waals surface area contributed by atoms with Gasteiger partial charge in [0.25, 0.3) is 10.0 Å². The number of pyridine rings is 1. The first-order valence-electron chi connectivity index (χ1n) is 24.0. The molecule has 372 valence electrons. The van der Waals surface area contributed by atoms with Gasteiger partial charge in [0.05, 0.1) is 24.9 Å². The Hall–Kier alpha value is -5.31. The van der Waals surface area contributed by atoms with E-state index in [1.807, 2.05) is 25.3 Å². The van der Waals surface area contributed by atoms with Crippen molar-refractivity contribution in [3.63, 3.8) is 0 Å². The van der Waals surface area contributed by atoms with E-state index >= 15 is 4.79 Å². The number of thiazole rings is 1. The average molecular weight is 1010 g/mol. The summed E-state index contributed by atoms with van der Waals surface area (Å²) < 4.78 is 41.0. The first-order chi connectivity index (χ1) is 33.1. The predicted octanol–water partition coefficient (Wildman–Crippen LogP) is 7.26. The molecule has 1 aromatic carbocycles. The van der Waals surface area contributed by atoms with Gasteiger partial charge in [-0.3, -0.25) is 9.59 Å². The molecule has 3 aliphatic carbocycles. The Kier molecular flexibility index (Phi) is 15.5. The molecule has 0 radical (unpaired) electrons. The molecule has 69 heavy (non-hydrogen) atoms. The third-order valence-corrected chi connectivity index (χ3v) is 18.1. The van der Waals surface area contributed by atoms with Crippen LogP contribution in [-0.2, 0) is 24.4 Å². The summed E-state index contributed by atoms with van der Waals surface area (Å²) >= 11 is 2.59. The number of benzene rings is 1. The molecule has 4 aliphatic rings. The van der Waals surface area contributed by atoms with Crippen molar-refractivity contribution in [3.05, 3.63) is 59.8 Å². The van der Waals surface area contributed by atoms with Crippen LogP contribution in [-0.4, -0.2) is 120 Å². The molecule has 3 saturated carbocycles. The Morgan fingerprint density at radius 3 is 2.35 bits per heavy atom. The summed E-state index contributed by atoms with van der Waals surface area (Å²) in [5.74, 6) is -2.01. The smallest absolute Gasteiger partial charge is 0.330 e. The lowest BCUT2D eigenvalue weighted by Gasteiger charge is -2.36. The number of carboxylic acid groups (broad SMARTS) is 1. The van der Waals surface area contributed by atoms with Crippen molar-refractivity contribution in [1.29, 1.82) is 0 Å². The second kappa shape index (κ2) is 21.4. The van der Waals surface area contributed by atoms with E-state index in [9.17, 15) is 27.9 Å². The van der Waals surface area contributed by atoms with E-state index in [1.54, 1.807) is 42.8 Å². The second-order valence-electron chi connectivity index (χ2n) is 19.2. The fourth-order valence-electron chi connectivity index (χ4n) is 10.3. The Balaban J connectivity index is 1.09. The summed E-state index contributed by atoms with van der Waals surface area (Å²) in [5.41, 5.74) is 0.189. The number of anilines is 1. The van der Waals surface area contributed by atoms with Gasteiger partial charge in [0, 0.05) is 60.9 Å². The third kappa shape index (κ3) is 11.2. The van der Waals surface area contributed by atoms with Gasteiger partial charge in [0.1, 0.15) is 45.1 Å². The number of ether oxygens (including phenoxy) is 2. The zero-order valence-corrected chi connectivity index (χ0v) is 42.1. The maximum absolute atomic E-state index is 15.3. The van der Waals surface area contributed by atoms with Crippen LogP contribution in [0.3, 0.4) is 0 Å². The largest absolute Gasteiger partial charge is 0.497 e. The number of sulfonamides is 1. The van der Waals surface area contributed by atoms with Crippen LogP contribution < -0.4 is 30.7 Å². The van der Waals surface area contributed by atoms with Crippen LogP contribution >= 0.6 is 22.7 Å². The van der Waals surface area contributed by atoms with Crippen LogP contribution in [0.2, 0.25) is 0 Å². The Morgan fingerprint density at radius 2 is 1.71 bits per heavy atom. The summed E-state index contributed by atoms with van der Waals surface area (Å²) in [7, 11) is -0.718. The number of rotatable bonds is 19. The predicted molar refractivity (Wildman–Crippen MR) is 266 cm³/mol. The Bertz CT molecular complexity index is 2610. The third-order valence-electron chi connectivity index (χ3n) is 14.1. The number of carbonyl (C=O) groups excluding carboxylic acids is 3. The molecule has 4 fully saturated rings. The van der Waals surface area contributed by atoms with Gasteiger partial charge in [-0.2, -0.15) is 4.31 Å². The molecular formula is C49H64N8O9S3. The van der Waals surface area contributed by atoms with E-state index < -0.39 is 69.5 Å². The SMILES string of the molecule is C=CC1C[C@]1(NC(=O)[C@@H]1C[C@@H](Oc2cc(-c3csc(NC(C)C)n3)nc3cc(OC)ccc23)CN1C(=O)[C@@H](NC(=O)N[C@H](CN(C)S(=O)(=O)c1cccs1)C1CCCCC1)C1CCCCC1)C(=O)O. The molecule has 0 bridgehead atoms. The van der Waals surface area contributed by atoms with Crippen molar-refractivity contribution in [2.45, 2.75) is 131 Å². The lowest BCUT2D eigenvalue weighted by Crippen LogP contribution is -2.60. The molecule has 4 heterocycles. The highest BCUT2D eigenvalue weighted by atomic mass is 32.2. The van der Waals surface area contributed by atoms with Gasteiger partial charge in [-0.05, 0) is 81.4 Å². The fraction of sp³-hybridized carbons (Fsp3) is 0.551. The lowest BCUT2D eigenvalue weighted by molar-refractivity contribution is -0.146. The lowest BCUT2D eigenvalue weighted by atomic mass is 9.83. The van der Waals surface area contributed by atoms with Crippen LogP contribution in [0.15, 0.2) is 64.0 Å². The highest BCUT2D eigenvalue weighted by molar-refractivity contribution is 7.91. The number of carboxylic acids is 1. The van der Waals surface area contributed by atoms with E-state index in [-0.39, 0.29) is 48.0 Å². The number of carbonyl (C=O) groups is 4. The van der Waals surface area contributed by atoms with Gasteiger partial charge in [-0.15, -0.1) is 29.3 Å². The first kappa shape index (κ1) is 50.1. The van der Waals surface area contributed by atoms with Crippen LogP contribution in [0.5, 0.6) is 11.5 Å². The molecule has 0 spiro atoms. The van der Waals surface area contributed by atoms with Gasteiger partial charge in [0.2, 0.25) is 11.8 Å². The van der Waals surface area contributed by atoms with E-state index in [4.69, 9.17) is 19.4 Å². The molecule has 5 N–H and O–H groups in total. The molecule has 3 aromatic heterocycles. The maximum atomic E-state index is 15.3. The summed E-state index contributed by atoms with van der Waals surface area (Å²) in [6.45, 7) is 7.84. The van der Waals surface area contributed by atoms with E-state index in [1.165, 1.54) is 33.7 Å². The molecule has 4 amide bonds. The van der Waals surface area contributed by atoms with Crippen molar-refractivity contribution in [2.75, 3.05) is 32.6 Å². The minimum Gasteiger partial charge on any atom is -0.497 e. The number of hydrogen-bond donors (Lipinski definition) is 5. The number of methoxy groups -OCH3 is 1. The number of hydrogen-bond acceptors (Lipinski definition) is 13. The van der Waals surface area contributed by atoms with Crippen LogP contribution in [0, 0.1) is 17.8 Å². The van der Waals surface area contributed by atoms with Gasteiger partial charge < -0.3 is 40.7 Å². The number of likely N-dealkylation sites (tertiary alicyclic amines) is 1. The number of thiophene rings is 1. The van der Waals surface area contributed by atoms with E-state index in [0.29, 0.717) is 46.6 Å². The molecule has 1 unspecified atom stereocenters. The standard InChI is InChI=1S/C49H64N8O9S3/c1-6-32-25-49(32,46(60)61)55-44(58)40-23-34(66-41-24-37(39-28-68-48(53-39)50-29(2)3)51-36-22-33(65-5)19-20-35(36)41)26-57(40)45(59)43(31-16-11-8-12-17-31)54-47(62)52-38(30-14-9-7-10-15-30)27-56(4)69(63,64)42-18-13-21-67-42/h6,13,18-22,24,28-32,34,38,40,43H,1,7-12,14-17,23,25-27H2,2-5H3,(H,50,53)(H,55,58)(H,60,61)(H2,52,54,62)/t32?,34-,38-,40+,43+,49-/m1/s1. The minimum absolute atomic E-state index is 0.0161. The second-order valence-corrected chi connectivity index (χ2v) is 23.3. The topological polar surface area (TPSA) is 221 Å². The number of urea groups is 1. The Labute approximate surface area is 411 Å². The van der Waals surface area contributed by atoms with Crippen LogP contribution in [0.1, 0.15) is 90.9 Å². The van der Waals surface area contributed by atoms with Crippen LogP contribution in [0.25, 0.3) is 22.3 Å². The van der Waals surface area contributed by atoms with Crippen molar-refractivity contribution < 1.29 is 42.2 Å². The van der Waals surface area contributed by atoms with Crippen molar-refractivity contribution in [1.82, 2.24) is 35.1 Å². The first-order valence-corrected chi connectivity index (χ1v) is 27.2. The molecular weight excluding hydrogens is 941 g/mol. The summed E-state index contributed by atoms with van der Waals surface area (Å²) in [6.07, 6.45) is 9.59. The number of amides is 4. The average Bonchev–Trinajstić information content (AvgIpc) is 3.79. The Morgan fingerprint density at radius 1 is 0.986 bits per heavy atom. The van der Waals surface area contributed by atoms with Gasteiger partial charge in [-0.25, -0.2) is 28.0 Å².